The predicted octanol–water partition coefficient (Wildman–Crippen LogP) is 2.06. The molecule has 1 atom stereocenters. The highest BCUT2D eigenvalue weighted by molar-refractivity contribution is 5.94. The fourth-order valence-corrected chi connectivity index (χ4v) is 3.48. The van der Waals surface area contributed by atoms with E-state index in [0.717, 1.165) is 45.6 Å². The van der Waals surface area contributed by atoms with E-state index in [0.29, 0.717) is 24.1 Å². The maximum atomic E-state index is 13.7. The van der Waals surface area contributed by atoms with E-state index in [1.54, 1.807) is 6.07 Å². The molecule has 6 heteroatoms. The molecular formula is C18H25FN2O3. The fourth-order valence-electron chi connectivity index (χ4n) is 3.48. The Morgan fingerprint density at radius 2 is 2.17 bits per heavy atom. The molecule has 2 saturated heterocycles. The summed E-state index contributed by atoms with van der Waals surface area (Å²) in [5.74, 6) is -0.120. The SMILES string of the molecule is COc1ccc(C(=O)NCC2CCN([C@H]3CCOC3)CC2)cc1F. The van der Waals surface area contributed by atoms with Gasteiger partial charge in [-0.2, -0.15) is 0 Å². The number of piperidine rings is 1. The first kappa shape index (κ1) is 17.2. The van der Waals surface area contributed by atoms with Crippen LogP contribution in [0.25, 0.3) is 0 Å². The van der Waals surface area contributed by atoms with Crippen LogP contribution in [0.3, 0.4) is 0 Å². The Balaban J connectivity index is 1.44. The number of halogens is 1. The molecule has 2 aliphatic heterocycles. The summed E-state index contributed by atoms with van der Waals surface area (Å²) in [5.41, 5.74) is 0.328. The number of benzene rings is 1. The fraction of sp³-hybridized carbons (Fsp3) is 0.611. The summed E-state index contributed by atoms with van der Waals surface area (Å²) in [6.07, 6.45) is 3.28. The number of nitrogens with one attached hydrogen (secondary N) is 1. The van der Waals surface area contributed by atoms with Gasteiger partial charge in [-0.15, -0.1) is 0 Å². The zero-order valence-corrected chi connectivity index (χ0v) is 14.1. The second kappa shape index (κ2) is 7.94. The molecule has 0 unspecified atom stereocenters. The molecule has 0 aromatic heterocycles. The van der Waals surface area contributed by atoms with Gasteiger partial charge in [0.15, 0.2) is 11.6 Å². The molecule has 1 amide bonds. The van der Waals surface area contributed by atoms with Crippen LogP contribution in [-0.2, 0) is 4.74 Å². The number of hydrogen-bond acceptors (Lipinski definition) is 4. The molecule has 2 fully saturated rings. The third-order valence-corrected chi connectivity index (χ3v) is 5.04. The number of carbonyl (C=O) groups excluding carboxylic acids is 1. The van der Waals surface area contributed by atoms with Crippen molar-refractivity contribution in [3.05, 3.63) is 29.6 Å². The first-order valence-corrected chi connectivity index (χ1v) is 8.61. The van der Waals surface area contributed by atoms with Gasteiger partial charge in [0.05, 0.1) is 13.7 Å². The van der Waals surface area contributed by atoms with Crippen LogP contribution in [-0.4, -0.2) is 56.8 Å². The Morgan fingerprint density at radius 1 is 1.38 bits per heavy atom. The zero-order chi connectivity index (χ0) is 16.9. The van der Waals surface area contributed by atoms with Crippen LogP contribution in [0.5, 0.6) is 5.75 Å². The van der Waals surface area contributed by atoms with Gasteiger partial charge in [0.2, 0.25) is 0 Å². The number of likely N-dealkylation sites (tertiary alicyclic amines) is 1. The largest absolute Gasteiger partial charge is 0.494 e. The number of amides is 1. The number of carbonyl (C=O) groups is 1. The van der Waals surface area contributed by atoms with E-state index in [-0.39, 0.29) is 11.7 Å². The molecule has 132 valence electrons. The Bertz CT molecular complexity index is 567. The zero-order valence-electron chi connectivity index (χ0n) is 14.1. The van der Waals surface area contributed by atoms with Crippen molar-refractivity contribution < 1.29 is 18.7 Å². The summed E-state index contributed by atoms with van der Waals surface area (Å²) in [4.78, 5) is 14.7. The molecule has 0 spiro atoms. The van der Waals surface area contributed by atoms with Crippen LogP contribution < -0.4 is 10.1 Å². The van der Waals surface area contributed by atoms with Crippen molar-refractivity contribution in [2.75, 3.05) is 40.0 Å². The molecule has 1 N–H and O–H groups in total. The van der Waals surface area contributed by atoms with Crippen LogP contribution in [0.2, 0.25) is 0 Å². The van der Waals surface area contributed by atoms with Gasteiger partial charge in [0.25, 0.3) is 5.91 Å². The van der Waals surface area contributed by atoms with Gasteiger partial charge in [-0.1, -0.05) is 0 Å². The van der Waals surface area contributed by atoms with E-state index in [1.807, 2.05) is 0 Å². The Labute approximate surface area is 142 Å². The molecule has 0 bridgehead atoms. The molecule has 5 nitrogen and oxygen atoms in total. The van der Waals surface area contributed by atoms with Crippen molar-refractivity contribution >= 4 is 5.91 Å². The van der Waals surface area contributed by atoms with Gasteiger partial charge in [-0.05, 0) is 56.5 Å². The number of hydrogen-bond donors (Lipinski definition) is 1. The number of ether oxygens (including phenoxy) is 2. The van der Waals surface area contributed by atoms with E-state index >= 15 is 0 Å². The van der Waals surface area contributed by atoms with Gasteiger partial charge >= 0.3 is 0 Å². The average Bonchev–Trinajstić information content (AvgIpc) is 3.14. The summed E-state index contributed by atoms with van der Waals surface area (Å²) in [6, 6.07) is 4.85. The Morgan fingerprint density at radius 3 is 2.79 bits per heavy atom. The minimum absolute atomic E-state index is 0.148. The van der Waals surface area contributed by atoms with Gasteiger partial charge < -0.3 is 14.8 Å². The highest BCUT2D eigenvalue weighted by Crippen LogP contribution is 2.22. The molecular weight excluding hydrogens is 311 g/mol. The Kier molecular flexibility index (Phi) is 5.68. The van der Waals surface area contributed by atoms with Crippen LogP contribution in [0, 0.1) is 11.7 Å². The lowest BCUT2D eigenvalue weighted by Gasteiger charge is -2.35. The summed E-state index contributed by atoms with van der Waals surface area (Å²) in [7, 11) is 1.40. The van der Waals surface area contributed by atoms with Crippen molar-refractivity contribution in [1.29, 1.82) is 0 Å². The maximum Gasteiger partial charge on any atom is 0.251 e. The third kappa shape index (κ3) is 4.05. The molecule has 2 heterocycles. The predicted molar refractivity (Wildman–Crippen MR) is 88.8 cm³/mol. The van der Waals surface area contributed by atoms with Gasteiger partial charge in [0.1, 0.15) is 0 Å². The summed E-state index contributed by atoms with van der Waals surface area (Å²) in [5, 5.41) is 2.93. The van der Waals surface area contributed by atoms with Crippen LogP contribution in [0.4, 0.5) is 4.39 Å². The molecule has 24 heavy (non-hydrogen) atoms. The molecule has 3 rings (SSSR count). The molecule has 2 aliphatic rings. The van der Waals surface area contributed by atoms with Gasteiger partial charge in [-0.3, -0.25) is 9.69 Å². The second-order valence-electron chi connectivity index (χ2n) is 6.56. The van der Waals surface area contributed by atoms with Crippen molar-refractivity contribution in [2.45, 2.75) is 25.3 Å². The van der Waals surface area contributed by atoms with Crippen LogP contribution >= 0.6 is 0 Å². The first-order chi connectivity index (χ1) is 11.7. The molecule has 1 aromatic rings. The average molecular weight is 336 g/mol. The summed E-state index contributed by atoms with van der Waals surface area (Å²) >= 11 is 0. The normalized spacial score (nSPS) is 22.5. The van der Waals surface area contributed by atoms with E-state index in [2.05, 4.69) is 10.2 Å². The number of rotatable bonds is 5. The van der Waals surface area contributed by atoms with E-state index in [1.165, 1.54) is 19.2 Å². The minimum Gasteiger partial charge on any atom is -0.494 e. The lowest BCUT2D eigenvalue weighted by Crippen LogP contribution is -2.43. The molecule has 1 aromatic carbocycles. The highest BCUT2D eigenvalue weighted by Gasteiger charge is 2.27. The molecule has 0 saturated carbocycles. The van der Waals surface area contributed by atoms with Crippen LogP contribution in [0.1, 0.15) is 29.6 Å². The van der Waals surface area contributed by atoms with E-state index < -0.39 is 5.82 Å². The topological polar surface area (TPSA) is 50.8 Å². The second-order valence-corrected chi connectivity index (χ2v) is 6.56. The van der Waals surface area contributed by atoms with Crippen molar-refractivity contribution in [1.82, 2.24) is 10.2 Å². The minimum atomic E-state index is -0.516. The number of nitrogens with zero attached hydrogens (tertiary/aromatic N) is 1. The molecule has 0 radical (unpaired) electrons. The van der Waals surface area contributed by atoms with Crippen molar-refractivity contribution in [3.63, 3.8) is 0 Å². The molecule has 0 aliphatic carbocycles. The number of methoxy groups -OCH3 is 1. The van der Waals surface area contributed by atoms with Gasteiger partial charge in [0, 0.05) is 24.8 Å². The van der Waals surface area contributed by atoms with Gasteiger partial charge in [-0.25, -0.2) is 4.39 Å². The summed E-state index contributed by atoms with van der Waals surface area (Å²) in [6.45, 7) is 4.49. The summed E-state index contributed by atoms with van der Waals surface area (Å²) < 4.78 is 24.0. The Hall–Kier alpha value is -1.66. The maximum absolute atomic E-state index is 13.7. The lowest BCUT2D eigenvalue weighted by molar-refractivity contribution is 0.0910. The quantitative estimate of drug-likeness (QED) is 0.894. The highest BCUT2D eigenvalue weighted by atomic mass is 19.1. The third-order valence-electron chi connectivity index (χ3n) is 5.04. The first-order valence-electron chi connectivity index (χ1n) is 8.61. The smallest absolute Gasteiger partial charge is 0.251 e. The van der Waals surface area contributed by atoms with Crippen LogP contribution in [0.15, 0.2) is 18.2 Å². The lowest BCUT2D eigenvalue weighted by atomic mass is 9.95. The standard InChI is InChI=1S/C18H25FN2O3/c1-23-17-3-2-14(10-16(17)19)18(22)20-11-13-4-7-21(8-5-13)15-6-9-24-12-15/h2-3,10,13,15H,4-9,11-12H2,1H3,(H,20,22)/t15-/m0/s1. The van der Waals surface area contributed by atoms with Crippen molar-refractivity contribution in [2.24, 2.45) is 5.92 Å². The van der Waals surface area contributed by atoms with Crippen molar-refractivity contribution in [3.8, 4) is 5.75 Å². The monoisotopic (exact) mass is 336 g/mol. The van der Waals surface area contributed by atoms with E-state index in [9.17, 15) is 9.18 Å². The van der Waals surface area contributed by atoms with E-state index in [4.69, 9.17) is 9.47 Å².